The first-order chi connectivity index (χ1) is 17.5. The Hall–Kier alpha value is -3.80. The van der Waals surface area contributed by atoms with Crippen LogP contribution in [0.15, 0.2) is 48.5 Å². The number of nitrogens with zero attached hydrogens (tertiary/aromatic N) is 1. The van der Waals surface area contributed by atoms with Crippen LogP contribution >= 0.6 is 0 Å². The van der Waals surface area contributed by atoms with Gasteiger partial charge in [-0.2, -0.15) is 13.2 Å². The van der Waals surface area contributed by atoms with Crippen LogP contribution in [0.3, 0.4) is 0 Å². The molecule has 0 radical (unpaired) electrons. The molecule has 3 N–H and O–H groups in total. The number of anilines is 1. The standard InChI is InChI=1S/C23H26N2O5.C2HF3O2/c26-21(24-17-4-2-1-3-5-17)15-29-18-6-7-19-20(14-18)30-16-23(19)9-12-25(13-10-23)11-8-22(27)28;3-2(4,5)1(6)7/h1-7,14H,8-13,15-16H2,(H,24,26)(H,27,28);(H,6,7). The number of carbonyl (C=O) groups is 3. The number of benzene rings is 2. The number of piperidine rings is 1. The van der Waals surface area contributed by atoms with Gasteiger partial charge < -0.3 is 29.9 Å². The third-order valence-electron chi connectivity index (χ3n) is 6.15. The lowest BCUT2D eigenvalue weighted by Crippen LogP contribution is -2.44. The number of amides is 1. The molecule has 2 aromatic rings. The van der Waals surface area contributed by atoms with Gasteiger partial charge in [0.05, 0.1) is 13.0 Å². The van der Waals surface area contributed by atoms with E-state index in [2.05, 4.69) is 10.2 Å². The zero-order valence-electron chi connectivity index (χ0n) is 19.8. The van der Waals surface area contributed by atoms with Gasteiger partial charge in [-0.05, 0) is 44.1 Å². The van der Waals surface area contributed by atoms with Crippen LogP contribution in [-0.4, -0.2) is 72.0 Å². The molecule has 0 unspecified atom stereocenters. The van der Waals surface area contributed by atoms with Crippen molar-refractivity contribution in [3.63, 3.8) is 0 Å². The molecule has 2 aliphatic heterocycles. The number of carbonyl (C=O) groups excluding carboxylic acids is 1. The SMILES string of the molecule is O=C(O)C(F)(F)F.O=C(O)CCN1CCC2(CC1)COc1cc(OCC(=O)Nc3ccccc3)ccc12. The molecule has 37 heavy (non-hydrogen) atoms. The number of halogens is 3. The van der Waals surface area contributed by atoms with Crippen molar-refractivity contribution in [1.82, 2.24) is 4.90 Å². The second-order valence-electron chi connectivity index (χ2n) is 8.72. The minimum atomic E-state index is -5.08. The summed E-state index contributed by atoms with van der Waals surface area (Å²) in [5.41, 5.74) is 1.90. The zero-order valence-corrected chi connectivity index (χ0v) is 19.8. The van der Waals surface area contributed by atoms with Gasteiger partial charge >= 0.3 is 18.1 Å². The average Bonchev–Trinajstić information content (AvgIpc) is 3.20. The Labute approximate surface area is 210 Å². The number of hydrogen-bond donors (Lipinski definition) is 3. The van der Waals surface area contributed by atoms with E-state index in [1.54, 1.807) is 0 Å². The van der Waals surface area contributed by atoms with E-state index in [9.17, 15) is 22.8 Å². The van der Waals surface area contributed by atoms with Crippen LogP contribution in [0, 0.1) is 0 Å². The largest absolute Gasteiger partial charge is 0.492 e. The second-order valence-corrected chi connectivity index (χ2v) is 8.72. The molecule has 12 heteroatoms. The summed E-state index contributed by atoms with van der Waals surface area (Å²) in [7, 11) is 0. The Bertz CT molecular complexity index is 1100. The van der Waals surface area contributed by atoms with Crippen molar-refractivity contribution < 1.29 is 47.2 Å². The fourth-order valence-corrected chi connectivity index (χ4v) is 4.18. The molecular weight excluding hydrogens is 497 g/mol. The molecule has 0 saturated carbocycles. The van der Waals surface area contributed by atoms with Crippen LogP contribution in [0.5, 0.6) is 11.5 Å². The number of alkyl halides is 3. The van der Waals surface area contributed by atoms with E-state index in [-0.39, 0.29) is 24.3 Å². The van der Waals surface area contributed by atoms with Crippen LogP contribution in [-0.2, 0) is 19.8 Å². The normalized spacial score (nSPS) is 16.1. The predicted molar refractivity (Wildman–Crippen MR) is 126 cm³/mol. The third-order valence-corrected chi connectivity index (χ3v) is 6.15. The maximum absolute atomic E-state index is 12.1. The summed E-state index contributed by atoms with van der Waals surface area (Å²) in [5, 5.41) is 18.8. The lowest BCUT2D eigenvalue weighted by molar-refractivity contribution is -0.192. The first-order valence-corrected chi connectivity index (χ1v) is 11.5. The second kappa shape index (κ2) is 12.0. The Kier molecular flexibility index (Phi) is 8.98. The number of carboxylic acid groups (broad SMARTS) is 2. The van der Waals surface area contributed by atoms with Crippen LogP contribution < -0.4 is 14.8 Å². The first-order valence-electron chi connectivity index (χ1n) is 11.5. The summed E-state index contributed by atoms with van der Waals surface area (Å²) in [6.07, 6.45) is -3.02. The van der Waals surface area contributed by atoms with E-state index in [1.807, 2.05) is 48.5 Å². The van der Waals surface area contributed by atoms with E-state index >= 15 is 0 Å². The van der Waals surface area contributed by atoms with Gasteiger partial charge in [-0.1, -0.05) is 24.3 Å². The number of rotatable bonds is 7. The van der Waals surface area contributed by atoms with Gasteiger partial charge in [-0.3, -0.25) is 9.59 Å². The molecule has 1 amide bonds. The topological polar surface area (TPSA) is 125 Å². The molecule has 1 spiro atoms. The summed E-state index contributed by atoms with van der Waals surface area (Å²) in [4.78, 5) is 34.0. The monoisotopic (exact) mass is 524 g/mol. The summed E-state index contributed by atoms with van der Waals surface area (Å²) >= 11 is 0. The van der Waals surface area contributed by atoms with Crippen molar-refractivity contribution in [3.05, 3.63) is 54.1 Å². The van der Waals surface area contributed by atoms with Gasteiger partial charge in [0, 0.05) is 29.3 Å². The summed E-state index contributed by atoms with van der Waals surface area (Å²) in [6.45, 7) is 2.89. The molecular formula is C25H27F3N2O7. The quantitative estimate of drug-likeness (QED) is 0.502. The Morgan fingerprint density at radius 3 is 2.30 bits per heavy atom. The maximum atomic E-state index is 12.1. The van der Waals surface area contributed by atoms with Crippen LogP contribution in [0.2, 0.25) is 0 Å². The minimum Gasteiger partial charge on any atom is -0.492 e. The van der Waals surface area contributed by atoms with Crippen molar-refractivity contribution in [2.24, 2.45) is 0 Å². The molecule has 1 saturated heterocycles. The minimum absolute atomic E-state index is 0.0156. The Morgan fingerprint density at radius 2 is 1.70 bits per heavy atom. The van der Waals surface area contributed by atoms with Gasteiger partial charge in [0.2, 0.25) is 0 Å². The van der Waals surface area contributed by atoms with Crippen molar-refractivity contribution in [2.75, 3.05) is 38.2 Å². The third kappa shape index (κ3) is 7.84. The molecule has 2 heterocycles. The van der Waals surface area contributed by atoms with Crippen molar-refractivity contribution >= 4 is 23.5 Å². The van der Waals surface area contributed by atoms with Crippen LogP contribution in [0.25, 0.3) is 0 Å². The Balaban J connectivity index is 0.000000479. The van der Waals surface area contributed by atoms with Gasteiger partial charge in [0.15, 0.2) is 6.61 Å². The molecule has 2 aliphatic rings. The molecule has 0 aliphatic carbocycles. The summed E-state index contributed by atoms with van der Waals surface area (Å²) in [6, 6.07) is 15.1. The number of nitrogens with one attached hydrogen (secondary N) is 1. The molecule has 200 valence electrons. The number of ether oxygens (including phenoxy) is 2. The van der Waals surface area contributed by atoms with Gasteiger partial charge in [0.25, 0.3) is 5.91 Å². The van der Waals surface area contributed by atoms with Crippen LogP contribution in [0.1, 0.15) is 24.8 Å². The highest BCUT2D eigenvalue weighted by atomic mass is 19.4. The highest BCUT2D eigenvalue weighted by Gasteiger charge is 2.43. The van der Waals surface area contributed by atoms with E-state index in [4.69, 9.17) is 24.5 Å². The molecule has 0 bridgehead atoms. The van der Waals surface area contributed by atoms with E-state index in [0.717, 1.165) is 37.4 Å². The maximum Gasteiger partial charge on any atom is 0.490 e. The molecule has 9 nitrogen and oxygen atoms in total. The molecule has 0 atom stereocenters. The molecule has 2 aromatic carbocycles. The highest BCUT2D eigenvalue weighted by Crippen LogP contribution is 2.46. The lowest BCUT2D eigenvalue weighted by atomic mass is 9.74. The van der Waals surface area contributed by atoms with E-state index in [1.165, 1.54) is 5.56 Å². The summed E-state index contributed by atoms with van der Waals surface area (Å²) in [5.74, 6) is -2.31. The average molecular weight is 524 g/mol. The number of aliphatic carboxylic acids is 2. The molecule has 1 fully saturated rings. The predicted octanol–water partition coefficient (Wildman–Crippen LogP) is 3.54. The van der Waals surface area contributed by atoms with E-state index in [0.29, 0.717) is 18.9 Å². The molecule has 4 rings (SSSR count). The van der Waals surface area contributed by atoms with Gasteiger partial charge in [-0.25, -0.2) is 4.79 Å². The van der Waals surface area contributed by atoms with Gasteiger partial charge in [-0.15, -0.1) is 0 Å². The lowest BCUT2D eigenvalue weighted by Gasteiger charge is -2.38. The zero-order chi connectivity index (χ0) is 27.1. The van der Waals surface area contributed by atoms with Crippen molar-refractivity contribution in [2.45, 2.75) is 30.9 Å². The number of hydrogen-bond acceptors (Lipinski definition) is 6. The first kappa shape index (κ1) is 27.8. The van der Waals surface area contributed by atoms with Crippen molar-refractivity contribution in [3.8, 4) is 11.5 Å². The van der Waals surface area contributed by atoms with Gasteiger partial charge in [0.1, 0.15) is 11.5 Å². The number of fused-ring (bicyclic) bond motifs is 2. The smallest absolute Gasteiger partial charge is 0.490 e. The molecule has 0 aromatic heterocycles. The van der Waals surface area contributed by atoms with Crippen LogP contribution in [0.4, 0.5) is 18.9 Å². The number of likely N-dealkylation sites (tertiary alicyclic amines) is 1. The Morgan fingerprint density at radius 1 is 1.05 bits per heavy atom. The number of carboxylic acids is 2. The fourth-order valence-electron chi connectivity index (χ4n) is 4.18. The summed E-state index contributed by atoms with van der Waals surface area (Å²) < 4.78 is 43.4. The fraction of sp³-hybridized carbons (Fsp3) is 0.400. The number of para-hydroxylation sites is 1. The van der Waals surface area contributed by atoms with E-state index < -0.39 is 18.1 Å². The highest BCUT2D eigenvalue weighted by molar-refractivity contribution is 5.91. The van der Waals surface area contributed by atoms with Crippen molar-refractivity contribution in [1.29, 1.82) is 0 Å².